The fraction of sp³-hybridized carbons (Fsp3) is 0.273. The maximum absolute atomic E-state index is 12.2. The molecule has 0 radical (unpaired) electrons. The summed E-state index contributed by atoms with van der Waals surface area (Å²) in [6, 6.07) is 13.0. The molecule has 0 aromatic heterocycles. The fourth-order valence-corrected chi connectivity index (χ4v) is 3.47. The number of nitrogens with zero attached hydrogens (tertiary/aromatic N) is 1. The number of benzene rings is 2. The van der Waals surface area contributed by atoms with Crippen molar-refractivity contribution in [2.75, 3.05) is 6.61 Å². The van der Waals surface area contributed by atoms with E-state index in [9.17, 15) is 10.1 Å². The van der Waals surface area contributed by atoms with Crippen LogP contribution in [0.25, 0.3) is 6.08 Å². The van der Waals surface area contributed by atoms with Gasteiger partial charge in [0, 0.05) is 16.6 Å². The average molecular weight is 525 g/mol. The Morgan fingerprint density at radius 1 is 1.31 bits per heavy atom. The summed E-state index contributed by atoms with van der Waals surface area (Å²) >= 11 is 8.35. The molecule has 0 unspecified atom stereocenters. The molecular weight excluding hydrogens is 503 g/mol. The highest BCUT2D eigenvalue weighted by atomic mass is 127. The van der Waals surface area contributed by atoms with Crippen LogP contribution in [-0.2, 0) is 11.4 Å². The van der Waals surface area contributed by atoms with Crippen LogP contribution in [0.1, 0.15) is 31.9 Å². The Morgan fingerprint density at radius 3 is 2.66 bits per heavy atom. The predicted octanol–water partition coefficient (Wildman–Crippen LogP) is 5.35. The van der Waals surface area contributed by atoms with Gasteiger partial charge in [-0.2, -0.15) is 5.26 Å². The molecule has 5 nitrogen and oxygen atoms in total. The first kappa shape index (κ1) is 23.0. The van der Waals surface area contributed by atoms with Crippen LogP contribution in [0, 0.1) is 14.9 Å². The number of hydrogen-bond acceptors (Lipinski definition) is 4. The third-order valence-corrected chi connectivity index (χ3v) is 4.93. The minimum Gasteiger partial charge on any atom is -0.490 e. The van der Waals surface area contributed by atoms with E-state index in [1.54, 1.807) is 12.1 Å². The smallest absolute Gasteiger partial charge is 0.262 e. The molecule has 0 fully saturated rings. The number of rotatable bonds is 8. The molecule has 0 aliphatic rings. The van der Waals surface area contributed by atoms with Gasteiger partial charge in [0.1, 0.15) is 18.2 Å². The molecule has 152 valence electrons. The van der Waals surface area contributed by atoms with Crippen molar-refractivity contribution in [1.29, 1.82) is 5.26 Å². The number of nitrogens with one attached hydrogen (secondary N) is 1. The zero-order valence-corrected chi connectivity index (χ0v) is 19.4. The normalized spacial score (nSPS) is 11.1. The minimum absolute atomic E-state index is 0.0293. The van der Waals surface area contributed by atoms with Crippen molar-refractivity contribution >= 4 is 46.2 Å². The van der Waals surface area contributed by atoms with Crippen molar-refractivity contribution in [2.24, 2.45) is 0 Å². The molecule has 0 saturated heterocycles. The summed E-state index contributed by atoms with van der Waals surface area (Å²) in [5, 5.41) is 12.7. The largest absolute Gasteiger partial charge is 0.490 e. The van der Waals surface area contributed by atoms with E-state index in [1.807, 2.05) is 57.2 Å². The van der Waals surface area contributed by atoms with Gasteiger partial charge < -0.3 is 14.8 Å². The highest BCUT2D eigenvalue weighted by Crippen LogP contribution is 2.36. The Labute approximate surface area is 189 Å². The average Bonchev–Trinajstić information content (AvgIpc) is 2.66. The molecule has 29 heavy (non-hydrogen) atoms. The van der Waals surface area contributed by atoms with E-state index in [0.29, 0.717) is 35.3 Å². The first-order valence-electron chi connectivity index (χ1n) is 9.10. The lowest BCUT2D eigenvalue weighted by atomic mass is 10.1. The van der Waals surface area contributed by atoms with E-state index < -0.39 is 5.91 Å². The molecular formula is C22H22ClIN2O3. The summed E-state index contributed by atoms with van der Waals surface area (Å²) in [5.41, 5.74) is 1.58. The van der Waals surface area contributed by atoms with Crippen LogP contribution in [0.15, 0.2) is 42.0 Å². The van der Waals surface area contributed by atoms with E-state index in [4.69, 9.17) is 21.1 Å². The second-order valence-corrected chi connectivity index (χ2v) is 8.01. The Balaban J connectivity index is 2.34. The van der Waals surface area contributed by atoms with Crippen LogP contribution in [0.2, 0.25) is 5.02 Å². The summed E-state index contributed by atoms with van der Waals surface area (Å²) < 4.78 is 12.5. The quantitative estimate of drug-likeness (QED) is 0.287. The zero-order valence-electron chi connectivity index (χ0n) is 16.5. The SMILES string of the molecule is CCOc1cc(/C=C(/C#N)C(=O)NC(C)C)cc(I)c1OCc1ccccc1Cl. The second kappa shape index (κ2) is 11.1. The van der Waals surface area contributed by atoms with E-state index >= 15 is 0 Å². The second-order valence-electron chi connectivity index (χ2n) is 6.44. The fourth-order valence-electron chi connectivity index (χ4n) is 2.49. The molecule has 2 rings (SSSR count). The van der Waals surface area contributed by atoms with Crippen molar-refractivity contribution in [3.63, 3.8) is 0 Å². The third-order valence-electron chi connectivity index (χ3n) is 3.76. The van der Waals surface area contributed by atoms with Gasteiger partial charge in [-0.15, -0.1) is 0 Å². The van der Waals surface area contributed by atoms with Crippen LogP contribution in [-0.4, -0.2) is 18.6 Å². The molecule has 0 saturated carbocycles. The lowest BCUT2D eigenvalue weighted by Gasteiger charge is -2.15. The summed E-state index contributed by atoms with van der Waals surface area (Å²) in [7, 11) is 0. The molecule has 0 atom stereocenters. The lowest BCUT2D eigenvalue weighted by molar-refractivity contribution is -0.117. The number of nitriles is 1. The number of hydrogen-bond donors (Lipinski definition) is 1. The summed E-state index contributed by atoms with van der Waals surface area (Å²) in [6.45, 7) is 6.31. The predicted molar refractivity (Wildman–Crippen MR) is 123 cm³/mol. The monoisotopic (exact) mass is 524 g/mol. The van der Waals surface area contributed by atoms with Gasteiger partial charge >= 0.3 is 0 Å². The molecule has 7 heteroatoms. The Hall–Kier alpha value is -2.24. The molecule has 0 aliphatic heterocycles. The highest BCUT2D eigenvalue weighted by Gasteiger charge is 2.15. The number of ether oxygens (including phenoxy) is 2. The molecule has 0 heterocycles. The first-order chi connectivity index (χ1) is 13.8. The van der Waals surface area contributed by atoms with Gasteiger partial charge in [0.15, 0.2) is 11.5 Å². The van der Waals surface area contributed by atoms with Crippen molar-refractivity contribution < 1.29 is 14.3 Å². The molecule has 1 N–H and O–H groups in total. The van der Waals surface area contributed by atoms with Crippen LogP contribution in [0.4, 0.5) is 0 Å². The van der Waals surface area contributed by atoms with Crippen molar-refractivity contribution in [2.45, 2.75) is 33.4 Å². The van der Waals surface area contributed by atoms with Crippen LogP contribution >= 0.6 is 34.2 Å². The summed E-state index contributed by atoms with van der Waals surface area (Å²) in [5.74, 6) is 0.725. The molecule has 0 aliphatic carbocycles. The van der Waals surface area contributed by atoms with Crippen molar-refractivity contribution in [1.82, 2.24) is 5.32 Å². The van der Waals surface area contributed by atoms with Gasteiger partial charge in [0.2, 0.25) is 0 Å². The maximum atomic E-state index is 12.2. The molecule has 2 aromatic rings. The minimum atomic E-state index is -0.408. The third kappa shape index (κ3) is 6.65. The van der Waals surface area contributed by atoms with Crippen LogP contribution < -0.4 is 14.8 Å². The van der Waals surface area contributed by atoms with Crippen LogP contribution in [0.3, 0.4) is 0 Å². The Bertz CT molecular complexity index is 952. The lowest BCUT2D eigenvalue weighted by Crippen LogP contribution is -2.30. The van der Waals surface area contributed by atoms with Crippen molar-refractivity contribution in [3.05, 3.63) is 61.7 Å². The standard InChI is InChI=1S/C22H22ClIN2O3/c1-4-28-20-11-15(9-17(12-25)22(27)26-14(2)3)10-19(24)21(20)29-13-16-7-5-6-8-18(16)23/h5-11,14H,4,13H2,1-3H3,(H,26,27)/b17-9-. The highest BCUT2D eigenvalue weighted by molar-refractivity contribution is 14.1. The van der Waals surface area contributed by atoms with Gasteiger partial charge in [0.25, 0.3) is 5.91 Å². The molecule has 0 spiro atoms. The number of halogens is 2. The molecule has 2 aromatic carbocycles. The van der Waals surface area contributed by atoms with Gasteiger partial charge in [-0.1, -0.05) is 29.8 Å². The zero-order chi connectivity index (χ0) is 21.4. The molecule has 0 bridgehead atoms. The Kier molecular flexibility index (Phi) is 8.80. The van der Waals surface area contributed by atoms with Gasteiger partial charge in [-0.05, 0) is 73.2 Å². The van der Waals surface area contributed by atoms with Gasteiger partial charge in [-0.25, -0.2) is 0 Å². The van der Waals surface area contributed by atoms with E-state index in [0.717, 1.165) is 9.13 Å². The summed E-state index contributed by atoms with van der Waals surface area (Å²) in [4.78, 5) is 12.2. The first-order valence-corrected chi connectivity index (χ1v) is 10.6. The maximum Gasteiger partial charge on any atom is 0.262 e. The van der Waals surface area contributed by atoms with E-state index in [1.165, 1.54) is 0 Å². The van der Waals surface area contributed by atoms with Gasteiger partial charge in [0.05, 0.1) is 10.2 Å². The Morgan fingerprint density at radius 2 is 2.03 bits per heavy atom. The summed E-state index contributed by atoms with van der Waals surface area (Å²) in [6.07, 6.45) is 1.54. The van der Waals surface area contributed by atoms with Crippen molar-refractivity contribution in [3.8, 4) is 17.6 Å². The van der Waals surface area contributed by atoms with Gasteiger partial charge in [-0.3, -0.25) is 4.79 Å². The van der Waals surface area contributed by atoms with E-state index in [-0.39, 0.29) is 11.6 Å². The van der Waals surface area contributed by atoms with E-state index in [2.05, 4.69) is 27.9 Å². The molecule has 1 amide bonds. The van der Waals surface area contributed by atoms with Crippen LogP contribution in [0.5, 0.6) is 11.5 Å². The number of amides is 1. The number of carbonyl (C=O) groups excluding carboxylic acids is 1. The number of carbonyl (C=O) groups is 1. The topological polar surface area (TPSA) is 71.3 Å².